The molecule has 8 heteroatoms. The van der Waals surface area contributed by atoms with Crippen molar-refractivity contribution < 1.29 is 9.53 Å². The molecule has 0 aliphatic heterocycles. The Morgan fingerprint density at radius 1 is 1.27 bits per heavy atom. The number of fused-ring (bicyclic) bond motifs is 1. The largest absolute Gasteiger partial charge is 0.494 e. The van der Waals surface area contributed by atoms with Gasteiger partial charge in [-0.3, -0.25) is 19.4 Å². The highest BCUT2D eigenvalue weighted by Gasteiger charge is 2.26. The molecule has 0 aliphatic carbocycles. The predicted molar refractivity (Wildman–Crippen MR) is 118 cm³/mol. The zero-order chi connectivity index (χ0) is 21.3. The van der Waals surface area contributed by atoms with Crippen LogP contribution in [0.25, 0.3) is 10.2 Å². The van der Waals surface area contributed by atoms with Crippen molar-refractivity contribution in [2.45, 2.75) is 33.9 Å². The van der Waals surface area contributed by atoms with Crippen LogP contribution in [-0.4, -0.2) is 32.8 Å². The van der Waals surface area contributed by atoms with Gasteiger partial charge in [-0.2, -0.15) is 5.10 Å². The van der Waals surface area contributed by atoms with Crippen LogP contribution in [0.2, 0.25) is 0 Å². The van der Waals surface area contributed by atoms with Crippen molar-refractivity contribution in [2.24, 2.45) is 0 Å². The van der Waals surface area contributed by atoms with E-state index in [0.717, 1.165) is 27.0 Å². The lowest BCUT2D eigenvalue weighted by atomic mass is 10.2. The first-order valence-corrected chi connectivity index (χ1v) is 10.5. The Hall–Kier alpha value is -3.26. The molecule has 0 fully saturated rings. The van der Waals surface area contributed by atoms with Crippen LogP contribution in [0.5, 0.6) is 5.75 Å². The average Bonchev–Trinajstić information content (AvgIpc) is 3.37. The molecule has 0 unspecified atom stereocenters. The number of amides is 1. The summed E-state index contributed by atoms with van der Waals surface area (Å²) in [6.45, 7) is 6.87. The fourth-order valence-corrected chi connectivity index (χ4v) is 4.43. The summed E-state index contributed by atoms with van der Waals surface area (Å²) in [5.74, 6) is 0.554. The Balaban J connectivity index is 1.84. The van der Waals surface area contributed by atoms with Gasteiger partial charge in [0.25, 0.3) is 5.91 Å². The number of hydrogen-bond donors (Lipinski definition) is 0. The molecule has 154 valence electrons. The van der Waals surface area contributed by atoms with E-state index in [2.05, 4.69) is 10.1 Å². The summed E-state index contributed by atoms with van der Waals surface area (Å²) in [6.07, 6.45) is 3.49. The Kier molecular flexibility index (Phi) is 5.50. The third-order valence-corrected chi connectivity index (χ3v) is 6.09. The van der Waals surface area contributed by atoms with Gasteiger partial charge in [0.05, 0.1) is 24.0 Å². The molecule has 0 radical (unpaired) electrons. The summed E-state index contributed by atoms with van der Waals surface area (Å²) >= 11 is 1.49. The number of carbonyl (C=O) groups is 1. The monoisotopic (exact) mass is 421 g/mol. The highest BCUT2D eigenvalue weighted by Crippen LogP contribution is 2.37. The van der Waals surface area contributed by atoms with Crippen molar-refractivity contribution in [2.75, 3.05) is 12.0 Å². The van der Waals surface area contributed by atoms with Gasteiger partial charge in [0.2, 0.25) is 0 Å². The summed E-state index contributed by atoms with van der Waals surface area (Å²) in [5, 5.41) is 5.06. The van der Waals surface area contributed by atoms with Crippen LogP contribution in [0.4, 0.5) is 5.13 Å². The first kappa shape index (κ1) is 20.0. The maximum atomic E-state index is 13.6. The summed E-state index contributed by atoms with van der Waals surface area (Å²) in [6, 6.07) is 9.55. The second-order valence-corrected chi connectivity index (χ2v) is 7.98. The molecule has 4 aromatic rings. The summed E-state index contributed by atoms with van der Waals surface area (Å²) in [7, 11) is 1.63. The zero-order valence-electron chi connectivity index (χ0n) is 17.4. The minimum atomic E-state index is -0.142. The highest BCUT2D eigenvalue weighted by atomic mass is 32.1. The number of benzene rings is 1. The van der Waals surface area contributed by atoms with Crippen molar-refractivity contribution in [3.63, 3.8) is 0 Å². The third-order valence-electron chi connectivity index (χ3n) is 4.87. The van der Waals surface area contributed by atoms with E-state index in [0.29, 0.717) is 29.7 Å². The molecule has 0 aliphatic rings. The third kappa shape index (κ3) is 3.66. The van der Waals surface area contributed by atoms with Crippen LogP contribution in [-0.2, 0) is 13.1 Å². The minimum Gasteiger partial charge on any atom is -0.494 e. The fourth-order valence-electron chi connectivity index (χ4n) is 3.38. The standard InChI is InChI=1S/C22H23N5O2S/c1-5-27-17(11-15(3)25-27)21(28)26(13-16-7-6-10-23-12-16)22-24-19-18(29-4)9-8-14(2)20(19)30-22/h6-12H,5,13H2,1-4H3. The van der Waals surface area contributed by atoms with Gasteiger partial charge in [-0.15, -0.1) is 0 Å². The molecule has 0 N–H and O–H groups in total. The molecule has 1 amide bonds. The van der Waals surface area contributed by atoms with Crippen LogP contribution in [0.1, 0.15) is 34.2 Å². The van der Waals surface area contributed by atoms with E-state index in [1.807, 2.05) is 51.1 Å². The second-order valence-electron chi connectivity index (χ2n) is 7.00. The topological polar surface area (TPSA) is 73.1 Å². The first-order chi connectivity index (χ1) is 14.5. The quantitative estimate of drug-likeness (QED) is 0.462. The molecular weight excluding hydrogens is 398 g/mol. The van der Waals surface area contributed by atoms with E-state index < -0.39 is 0 Å². The highest BCUT2D eigenvalue weighted by molar-refractivity contribution is 7.22. The number of aromatic nitrogens is 4. The van der Waals surface area contributed by atoms with Crippen molar-refractivity contribution >= 4 is 32.6 Å². The van der Waals surface area contributed by atoms with Crippen LogP contribution < -0.4 is 9.64 Å². The summed E-state index contributed by atoms with van der Waals surface area (Å²) < 4.78 is 8.23. The minimum absolute atomic E-state index is 0.142. The van der Waals surface area contributed by atoms with Gasteiger partial charge in [-0.25, -0.2) is 4.98 Å². The van der Waals surface area contributed by atoms with Gasteiger partial charge < -0.3 is 4.74 Å². The van der Waals surface area contributed by atoms with Gasteiger partial charge in [-0.05, 0) is 50.1 Å². The van der Waals surface area contributed by atoms with Crippen molar-refractivity contribution in [1.82, 2.24) is 19.7 Å². The molecule has 0 saturated heterocycles. The number of pyridine rings is 1. The van der Waals surface area contributed by atoms with Crippen LogP contribution in [0.3, 0.4) is 0 Å². The van der Waals surface area contributed by atoms with Crippen molar-refractivity contribution in [3.8, 4) is 5.75 Å². The van der Waals surface area contributed by atoms with E-state index in [-0.39, 0.29) is 5.91 Å². The number of ether oxygens (including phenoxy) is 1. The molecular formula is C22H23N5O2S. The molecule has 7 nitrogen and oxygen atoms in total. The maximum absolute atomic E-state index is 13.6. The summed E-state index contributed by atoms with van der Waals surface area (Å²) in [5.41, 5.74) is 4.14. The number of carbonyl (C=O) groups excluding carboxylic acids is 1. The predicted octanol–water partition coefficient (Wildman–Crippen LogP) is 4.38. The van der Waals surface area contributed by atoms with E-state index in [1.54, 1.807) is 29.1 Å². The lowest BCUT2D eigenvalue weighted by molar-refractivity contribution is 0.0975. The number of thiazole rings is 1. The lowest BCUT2D eigenvalue weighted by Crippen LogP contribution is -2.32. The molecule has 0 saturated carbocycles. The van der Waals surface area contributed by atoms with E-state index >= 15 is 0 Å². The van der Waals surface area contributed by atoms with Gasteiger partial charge in [0.1, 0.15) is 17.0 Å². The lowest BCUT2D eigenvalue weighted by Gasteiger charge is -2.20. The zero-order valence-corrected chi connectivity index (χ0v) is 18.2. The Morgan fingerprint density at radius 2 is 2.10 bits per heavy atom. The molecule has 30 heavy (non-hydrogen) atoms. The number of rotatable bonds is 6. The van der Waals surface area contributed by atoms with E-state index in [9.17, 15) is 4.79 Å². The number of anilines is 1. The second kappa shape index (κ2) is 8.23. The smallest absolute Gasteiger partial charge is 0.278 e. The van der Waals surface area contributed by atoms with Gasteiger partial charge in [0.15, 0.2) is 5.13 Å². The number of hydrogen-bond acceptors (Lipinski definition) is 6. The molecule has 3 heterocycles. The summed E-state index contributed by atoms with van der Waals surface area (Å²) in [4.78, 5) is 24.3. The average molecular weight is 422 g/mol. The van der Waals surface area contributed by atoms with E-state index in [1.165, 1.54) is 11.3 Å². The molecule has 4 rings (SSSR count). The molecule has 3 aromatic heterocycles. The van der Waals surface area contributed by atoms with Crippen LogP contribution in [0.15, 0.2) is 42.7 Å². The molecule has 0 bridgehead atoms. The van der Waals surface area contributed by atoms with Crippen LogP contribution >= 0.6 is 11.3 Å². The van der Waals surface area contributed by atoms with E-state index in [4.69, 9.17) is 9.72 Å². The van der Waals surface area contributed by atoms with Crippen LogP contribution in [0, 0.1) is 13.8 Å². The molecule has 0 spiro atoms. The molecule has 0 atom stereocenters. The normalized spacial score (nSPS) is 11.1. The Morgan fingerprint density at radius 3 is 2.80 bits per heavy atom. The Bertz CT molecular complexity index is 1200. The number of aryl methyl sites for hydroxylation is 3. The molecule has 1 aromatic carbocycles. The van der Waals surface area contributed by atoms with Crippen molar-refractivity contribution in [1.29, 1.82) is 0 Å². The maximum Gasteiger partial charge on any atom is 0.278 e. The number of nitrogens with zero attached hydrogens (tertiary/aromatic N) is 5. The Labute approximate surface area is 179 Å². The first-order valence-electron chi connectivity index (χ1n) is 9.71. The fraction of sp³-hybridized carbons (Fsp3) is 0.273. The van der Waals surface area contributed by atoms with Gasteiger partial charge in [0, 0.05) is 18.9 Å². The van der Waals surface area contributed by atoms with Crippen molar-refractivity contribution in [3.05, 3.63) is 65.2 Å². The SMILES string of the molecule is CCn1nc(C)cc1C(=O)N(Cc1cccnc1)c1nc2c(OC)ccc(C)c2s1. The van der Waals surface area contributed by atoms with Gasteiger partial charge >= 0.3 is 0 Å². The number of methoxy groups -OCH3 is 1. The van der Waals surface area contributed by atoms with Gasteiger partial charge in [-0.1, -0.05) is 23.5 Å².